The third-order valence-electron chi connectivity index (χ3n) is 5.32. The maximum Gasteiger partial charge on any atom is 0.297 e. The first-order valence-electron chi connectivity index (χ1n) is 9.72. The molecule has 4 aromatic rings. The van der Waals surface area contributed by atoms with Crippen molar-refractivity contribution in [3.8, 4) is 11.5 Å². The van der Waals surface area contributed by atoms with E-state index in [-0.39, 0.29) is 33.8 Å². The summed E-state index contributed by atoms with van der Waals surface area (Å²) in [6.45, 7) is 1.92. The van der Waals surface area contributed by atoms with Crippen molar-refractivity contribution in [3.63, 3.8) is 0 Å². The zero-order valence-electron chi connectivity index (χ0n) is 17.0. The van der Waals surface area contributed by atoms with E-state index in [0.29, 0.717) is 17.1 Å². The van der Waals surface area contributed by atoms with Gasteiger partial charge in [0.05, 0.1) is 24.1 Å². The summed E-state index contributed by atoms with van der Waals surface area (Å²) in [4.78, 5) is 28.2. The maximum atomic E-state index is 13.9. The Morgan fingerprint density at radius 1 is 1.22 bits per heavy atom. The van der Waals surface area contributed by atoms with Crippen LogP contribution in [-0.4, -0.2) is 28.3 Å². The van der Waals surface area contributed by atoms with Crippen molar-refractivity contribution in [2.45, 2.75) is 19.4 Å². The first-order valence-corrected chi connectivity index (χ1v) is 10.5. The van der Waals surface area contributed by atoms with E-state index in [1.165, 1.54) is 41.5 Å². The molecule has 0 saturated carbocycles. The van der Waals surface area contributed by atoms with E-state index in [2.05, 4.69) is 10.2 Å². The number of benzene rings is 2. The molecule has 162 valence electrons. The topological polar surface area (TPSA) is 106 Å². The summed E-state index contributed by atoms with van der Waals surface area (Å²) >= 11 is 1.23. The highest BCUT2D eigenvalue weighted by Crippen LogP contribution is 2.43. The van der Waals surface area contributed by atoms with Gasteiger partial charge < -0.3 is 14.3 Å². The molecule has 2 aromatic heterocycles. The van der Waals surface area contributed by atoms with Crippen LogP contribution >= 0.6 is 11.3 Å². The lowest BCUT2D eigenvalue weighted by molar-refractivity contribution is 0.0970. The summed E-state index contributed by atoms with van der Waals surface area (Å²) in [6, 6.07) is 7.17. The van der Waals surface area contributed by atoms with Crippen LogP contribution in [0.25, 0.3) is 11.0 Å². The molecule has 0 aliphatic carbocycles. The van der Waals surface area contributed by atoms with Gasteiger partial charge in [-0.25, -0.2) is 4.39 Å². The number of aromatic hydroxyl groups is 1. The summed E-state index contributed by atoms with van der Waals surface area (Å²) in [6.07, 6.45) is 0.630. The normalized spacial score (nSPS) is 15.4. The molecule has 1 N–H and O–H groups in total. The lowest BCUT2D eigenvalue weighted by Gasteiger charge is -2.22. The molecule has 0 saturated heterocycles. The Bertz CT molecular complexity index is 1450. The van der Waals surface area contributed by atoms with Gasteiger partial charge in [0.25, 0.3) is 5.91 Å². The standard InChI is InChI=1S/C22H16FN3O5S/c1-3-16-24-25-22(32-16)26-18(10-4-6-13(27)15(8-10)30-2)17-19(28)12-9-11(23)5-7-14(12)31-20(17)21(26)29/h4-9,18,27H,3H2,1-2H3. The predicted molar refractivity (Wildman–Crippen MR) is 115 cm³/mol. The number of fused-ring (bicyclic) bond motifs is 2. The van der Waals surface area contributed by atoms with Gasteiger partial charge in [0.1, 0.15) is 16.4 Å². The number of carbonyl (C=O) groups excluding carboxylic acids is 1. The molecular weight excluding hydrogens is 437 g/mol. The molecule has 0 radical (unpaired) electrons. The second-order valence-corrected chi connectivity index (χ2v) is 8.20. The monoisotopic (exact) mass is 453 g/mol. The number of amides is 1. The summed E-state index contributed by atoms with van der Waals surface area (Å²) in [5, 5.41) is 19.3. The van der Waals surface area contributed by atoms with Crippen LogP contribution in [0.15, 0.2) is 45.6 Å². The number of hydrogen-bond donors (Lipinski definition) is 1. The smallest absolute Gasteiger partial charge is 0.297 e. The van der Waals surface area contributed by atoms with Gasteiger partial charge in [0.2, 0.25) is 10.9 Å². The summed E-state index contributed by atoms with van der Waals surface area (Å²) in [5.74, 6) is -1.21. The Kier molecular flexibility index (Phi) is 4.66. The third-order valence-corrected chi connectivity index (χ3v) is 6.38. The molecule has 1 amide bonds. The molecule has 0 fully saturated rings. The maximum absolute atomic E-state index is 13.9. The lowest BCUT2D eigenvalue weighted by Crippen LogP contribution is -2.29. The number of halogens is 1. The molecule has 1 unspecified atom stereocenters. The van der Waals surface area contributed by atoms with E-state index >= 15 is 0 Å². The highest BCUT2D eigenvalue weighted by molar-refractivity contribution is 7.15. The van der Waals surface area contributed by atoms with Crippen molar-refractivity contribution in [2.75, 3.05) is 12.0 Å². The first-order chi connectivity index (χ1) is 15.4. The van der Waals surface area contributed by atoms with Crippen molar-refractivity contribution in [1.29, 1.82) is 0 Å². The number of anilines is 1. The van der Waals surface area contributed by atoms with E-state index in [1.54, 1.807) is 6.07 Å². The van der Waals surface area contributed by atoms with Gasteiger partial charge in [0.15, 0.2) is 16.9 Å². The second kappa shape index (κ2) is 7.41. The fourth-order valence-corrected chi connectivity index (χ4v) is 4.61. The van der Waals surface area contributed by atoms with E-state index in [0.717, 1.165) is 17.1 Å². The molecule has 3 heterocycles. The SMILES string of the molecule is CCc1nnc(N2C(=O)c3oc4ccc(F)cc4c(=O)c3C2c2ccc(O)c(OC)c2)s1. The van der Waals surface area contributed by atoms with E-state index in [9.17, 15) is 19.1 Å². The quantitative estimate of drug-likeness (QED) is 0.501. The second-order valence-electron chi connectivity index (χ2n) is 7.16. The summed E-state index contributed by atoms with van der Waals surface area (Å²) in [7, 11) is 1.40. The van der Waals surface area contributed by atoms with Crippen LogP contribution in [0.3, 0.4) is 0 Å². The number of phenols is 1. The van der Waals surface area contributed by atoms with E-state index in [4.69, 9.17) is 9.15 Å². The van der Waals surface area contributed by atoms with Crippen molar-refractivity contribution in [3.05, 3.63) is 74.3 Å². The number of nitrogens with zero attached hydrogens (tertiary/aromatic N) is 3. The molecule has 0 spiro atoms. The van der Waals surface area contributed by atoms with Gasteiger partial charge in [0, 0.05) is 0 Å². The van der Waals surface area contributed by atoms with Crippen LogP contribution in [0.5, 0.6) is 11.5 Å². The summed E-state index contributed by atoms with van der Waals surface area (Å²) < 4.78 is 24.9. The molecule has 5 rings (SSSR count). The molecule has 32 heavy (non-hydrogen) atoms. The minimum Gasteiger partial charge on any atom is -0.504 e. The predicted octanol–water partition coefficient (Wildman–Crippen LogP) is 3.81. The molecule has 10 heteroatoms. The fraction of sp³-hybridized carbons (Fsp3) is 0.182. The summed E-state index contributed by atoms with van der Waals surface area (Å²) in [5.41, 5.74) is 0.143. The number of hydrogen-bond acceptors (Lipinski definition) is 8. The molecule has 8 nitrogen and oxygen atoms in total. The average Bonchev–Trinajstić information content (AvgIpc) is 3.37. The van der Waals surface area contributed by atoms with Crippen molar-refractivity contribution < 1.29 is 23.4 Å². The number of rotatable bonds is 4. The zero-order chi connectivity index (χ0) is 22.6. The Hall–Kier alpha value is -3.79. The van der Waals surface area contributed by atoms with Crippen LogP contribution in [0, 0.1) is 5.82 Å². The number of methoxy groups -OCH3 is 1. The molecule has 1 aliphatic rings. The molecular formula is C22H16FN3O5S. The largest absolute Gasteiger partial charge is 0.504 e. The number of aryl methyl sites for hydroxylation is 1. The van der Waals surface area contributed by atoms with Gasteiger partial charge in [-0.3, -0.25) is 14.5 Å². The van der Waals surface area contributed by atoms with Crippen LogP contribution in [0.1, 0.15) is 39.7 Å². The van der Waals surface area contributed by atoms with Gasteiger partial charge >= 0.3 is 0 Å². The third kappa shape index (κ3) is 2.94. The molecule has 2 aromatic carbocycles. The van der Waals surface area contributed by atoms with Crippen molar-refractivity contribution in [1.82, 2.24) is 10.2 Å². The van der Waals surface area contributed by atoms with Gasteiger partial charge in [-0.1, -0.05) is 24.3 Å². The number of phenolic OH excluding ortho intramolecular Hbond substituents is 1. The molecule has 1 aliphatic heterocycles. The van der Waals surface area contributed by atoms with Crippen molar-refractivity contribution in [2.24, 2.45) is 0 Å². The van der Waals surface area contributed by atoms with Crippen LogP contribution in [0.2, 0.25) is 0 Å². The van der Waals surface area contributed by atoms with E-state index in [1.807, 2.05) is 6.92 Å². The highest BCUT2D eigenvalue weighted by Gasteiger charge is 2.45. The zero-order valence-corrected chi connectivity index (χ0v) is 17.8. The average molecular weight is 453 g/mol. The Labute approximate surface area is 184 Å². The highest BCUT2D eigenvalue weighted by atomic mass is 32.1. The van der Waals surface area contributed by atoms with Gasteiger partial charge in [-0.15, -0.1) is 10.2 Å². The van der Waals surface area contributed by atoms with Gasteiger partial charge in [-0.2, -0.15) is 0 Å². The van der Waals surface area contributed by atoms with Crippen LogP contribution in [-0.2, 0) is 6.42 Å². The van der Waals surface area contributed by atoms with Crippen LogP contribution in [0.4, 0.5) is 9.52 Å². The fourth-order valence-electron chi connectivity index (χ4n) is 3.81. The van der Waals surface area contributed by atoms with Crippen molar-refractivity contribution >= 4 is 33.3 Å². The Morgan fingerprint density at radius 2 is 2.03 bits per heavy atom. The minimum atomic E-state index is -0.923. The molecule has 1 atom stereocenters. The Morgan fingerprint density at radius 3 is 2.75 bits per heavy atom. The number of aromatic nitrogens is 2. The Balaban J connectivity index is 1.81. The van der Waals surface area contributed by atoms with E-state index < -0.39 is 23.2 Å². The molecule has 0 bridgehead atoms. The van der Waals surface area contributed by atoms with Crippen LogP contribution < -0.4 is 15.1 Å². The minimum absolute atomic E-state index is 0.0284. The first kappa shape index (κ1) is 20.1. The van der Waals surface area contributed by atoms with Gasteiger partial charge in [-0.05, 0) is 42.3 Å². The number of carbonyl (C=O) groups is 1. The lowest BCUT2D eigenvalue weighted by atomic mass is 9.98. The number of ether oxygens (including phenoxy) is 1.